The highest BCUT2D eigenvalue weighted by molar-refractivity contribution is 7.91. The molecule has 2 heterocycles. The molecular weight excluding hydrogens is 466 g/mol. The van der Waals surface area contributed by atoms with Crippen molar-refractivity contribution in [3.8, 4) is 11.5 Å². The molecule has 0 fully saturated rings. The van der Waals surface area contributed by atoms with Gasteiger partial charge < -0.3 is 14.4 Å². The summed E-state index contributed by atoms with van der Waals surface area (Å²) in [4.78, 5) is 27.8. The highest BCUT2D eigenvalue weighted by Gasteiger charge is 2.35. The zero-order valence-electron chi connectivity index (χ0n) is 19.5. The lowest BCUT2D eigenvalue weighted by molar-refractivity contribution is 0.0733. The average Bonchev–Trinajstić information content (AvgIpc) is 2.87. The number of sulfone groups is 1. The van der Waals surface area contributed by atoms with Gasteiger partial charge in [0, 0.05) is 29.8 Å². The summed E-state index contributed by atoms with van der Waals surface area (Å²) in [5, 5.41) is 0. The summed E-state index contributed by atoms with van der Waals surface area (Å²) < 4.78 is 37.9. The quantitative estimate of drug-likeness (QED) is 0.418. The van der Waals surface area contributed by atoms with Gasteiger partial charge in [-0.2, -0.15) is 0 Å². The van der Waals surface area contributed by atoms with Crippen LogP contribution in [0.15, 0.2) is 64.4 Å². The number of ketones is 1. The van der Waals surface area contributed by atoms with E-state index in [1.54, 1.807) is 17.0 Å². The second-order valence-corrected chi connectivity index (χ2v) is 10.3. The Hall–Kier alpha value is -3.65. The number of rotatable bonds is 5. The molecule has 0 aromatic heterocycles. The van der Waals surface area contributed by atoms with Crippen LogP contribution in [0.25, 0.3) is 0 Å². The average molecular weight is 492 g/mol. The minimum Gasteiger partial charge on any atom is -0.490 e. The van der Waals surface area contributed by atoms with Crippen molar-refractivity contribution in [2.45, 2.75) is 36.6 Å². The van der Waals surface area contributed by atoms with Gasteiger partial charge in [-0.15, -0.1) is 0 Å². The van der Waals surface area contributed by atoms with Crippen molar-refractivity contribution in [3.05, 3.63) is 82.4 Å². The fourth-order valence-corrected chi connectivity index (χ4v) is 6.35. The third-order valence-electron chi connectivity index (χ3n) is 6.35. The SMILES string of the molecule is CCOc1cc2c(cc1OCC)CN(C(=O)c1ccc3c(c1)S(=O)(=O)c1ccccc1C3=O)CC2. The number of carbonyl (C=O) groups is 2. The molecule has 35 heavy (non-hydrogen) atoms. The van der Waals surface area contributed by atoms with Gasteiger partial charge >= 0.3 is 0 Å². The molecule has 1 amide bonds. The van der Waals surface area contributed by atoms with E-state index in [9.17, 15) is 18.0 Å². The van der Waals surface area contributed by atoms with Gasteiger partial charge in [-0.1, -0.05) is 12.1 Å². The smallest absolute Gasteiger partial charge is 0.254 e. The van der Waals surface area contributed by atoms with Crippen molar-refractivity contribution in [2.75, 3.05) is 19.8 Å². The summed E-state index contributed by atoms with van der Waals surface area (Å²) in [5.41, 5.74) is 2.54. The molecule has 3 aromatic rings. The Labute approximate surface area is 204 Å². The van der Waals surface area contributed by atoms with Crippen molar-refractivity contribution in [2.24, 2.45) is 0 Å². The molecule has 5 rings (SSSR count). The van der Waals surface area contributed by atoms with Gasteiger partial charge in [0.2, 0.25) is 9.84 Å². The lowest BCUT2D eigenvalue weighted by Gasteiger charge is -2.30. The van der Waals surface area contributed by atoms with Crippen LogP contribution in [-0.4, -0.2) is 44.8 Å². The first-order valence-electron chi connectivity index (χ1n) is 11.6. The fourth-order valence-electron chi connectivity index (χ4n) is 4.67. The van der Waals surface area contributed by atoms with E-state index >= 15 is 0 Å². The number of hydrogen-bond acceptors (Lipinski definition) is 6. The molecule has 180 valence electrons. The van der Waals surface area contributed by atoms with Crippen molar-refractivity contribution in [1.29, 1.82) is 0 Å². The molecule has 3 aromatic carbocycles. The molecule has 2 aliphatic rings. The number of amides is 1. The van der Waals surface area contributed by atoms with E-state index in [-0.39, 0.29) is 38.2 Å². The minimum atomic E-state index is -3.91. The first-order valence-corrected chi connectivity index (χ1v) is 13.1. The van der Waals surface area contributed by atoms with Gasteiger partial charge in [0.05, 0.1) is 23.0 Å². The standard InChI is InChI=1S/C27H25NO6S/c1-3-33-22-13-17-11-12-28(16-19(17)14-23(22)34-4-2)27(30)18-9-10-21-25(15-18)35(31,32)24-8-6-5-7-20(24)26(21)29/h5-10,13-15H,3-4,11-12,16H2,1-2H3. The Bertz CT molecular complexity index is 1460. The van der Waals surface area contributed by atoms with Crippen LogP contribution in [0.4, 0.5) is 0 Å². The van der Waals surface area contributed by atoms with Crippen LogP contribution < -0.4 is 9.47 Å². The number of ether oxygens (including phenoxy) is 2. The van der Waals surface area contributed by atoms with Crippen LogP contribution in [0.3, 0.4) is 0 Å². The van der Waals surface area contributed by atoms with Gasteiger partial charge in [0.15, 0.2) is 17.3 Å². The van der Waals surface area contributed by atoms with Crippen LogP contribution in [0, 0.1) is 0 Å². The summed E-state index contributed by atoms with van der Waals surface area (Å²) in [6.07, 6.45) is 0.642. The summed E-state index contributed by atoms with van der Waals surface area (Å²) in [5.74, 6) is 0.689. The number of benzene rings is 3. The van der Waals surface area contributed by atoms with E-state index in [4.69, 9.17) is 9.47 Å². The van der Waals surface area contributed by atoms with E-state index in [0.29, 0.717) is 44.2 Å². The first-order chi connectivity index (χ1) is 16.8. The molecule has 0 saturated carbocycles. The van der Waals surface area contributed by atoms with Gasteiger partial charge in [-0.05, 0) is 73.9 Å². The summed E-state index contributed by atoms with van der Waals surface area (Å²) in [7, 11) is -3.91. The molecule has 2 aliphatic heterocycles. The predicted molar refractivity (Wildman–Crippen MR) is 129 cm³/mol. The lowest BCUT2D eigenvalue weighted by Crippen LogP contribution is -2.36. The second-order valence-electron chi connectivity index (χ2n) is 8.45. The molecule has 8 heteroatoms. The maximum absolute atomic E-state index is 13.4. The third-order valence-corrected chi connectivity index (χ3v) is 8.20. The van der Waals surface area contributed by atoms with Crippen molar-refractivity contribution >= 4 is 21.5 Å². The Kier molecular flexibility index (Phi) is 5.84. The van der Waals surface area contributed by atoms with Crippen molar-refractivity contribution < 1.29 is 27.5 Å². The molecule has 0 spiro atoms. The van der Waals surface area contributed by atoms with Gasteiger partial charge in [-0.25, -0.2) is 8.42 Å². The monoisotopic (exact) mass is 491 g/mol. The molecule has 0 bridgehead atoms. The van der Waals surface area contributed by atoms with E-state index in [2.05, 4.69) is 0 Å². The minimum absolute atomic E-state index is 0.0254. The molecule has 0 radical (unpaired) electrons. The second kappa shape index (κ2) is 8.85. The molecule has 0 atom stereocenters. The van der Waals surface area contributed by atoms with Crippen LogP contribution in [-0.2, 0) is 22.8 Å². The number of fused-ring (bicyclic) bond motifs is 3. The topological polar surface area (TPSA) is 90.0 Å². The van der Waals surface area contributed by atoms with Crippen LogP contribution >= 0.6 is 0 Å². The van der Waals surface area contributed by atoms with Crippen LogP contribution in [0.2, 0.25) is 0 Å². The maximum atomic E-state index is 13.4. The molecule has 0 aliphatic carbocycles. The zero-order chi connectivity index (χ0) is 24.7. The number of nitrogens with zero attached hydrogens (tertiary/aromatic N) is 1. The molecule has 7 nitrogen and oxygen atoms in total. The summed E-state index contributed by atoms with van der Waals surface area (Å²) in [6.45, 7) is 5.69. The Balaban J connectivity index is 1.46. The van der Waals surface area contributed by atoms with Crippen molar-refractivity contribution in [1.82, 2.24) is 4.90 Å². The van der Waals surface area contributed by atoms with Crippen molar-refractivity contribution in [3.63, 3.8) is 0 Å². The number of carbonyl (C=O) groups excluding carboxylic acids is 2. The summed E-state index contributed by atoms with van der Waals surface area (Å²) in [6, 6.07) is 14.3. The lowest BCUT2D eigenvalue weighted by atomic mass is 9.97. The molecular formula is C27H25NO6S. The fraction of sp³-hybridized carbons (Fsp3) is 0.259. The maximum Gasteiger partial charge on any atom is 0.254 e. The third kappa shape index (κ3) is 3.87. The van der Waals surface area contributed by atoms with E-state index in [1.807, 2.05) is 26.0 Å². The molecule has 0 unspecified atom stereocenters. The first kappa shape index (κ1) is 23.1. The molecule has 0 saturated heterocycles. The van der Waals surface area contributed by atoms with Gasteiger partial charge in [0.1, 0.15) is 0 Å². The van der Waals surface area contributed by atoms with E-state index < -0.39 is 9.84 Å². The Morgan fingerprint density at radius 2 is 1.54 bits per heavy atom. The Morgan fingerprint density at radius 1 is 0.886 bits per heavy atom. The number of hydrogen-bond donors (Lipinski definition) is 0. The van der Waals surface area contributed by atoms with E-state index in [0.717, 1.165) is 11.1 Å². The predicted octanol–water partition coefficient (Wildman–Crippen LogP) is 4.06. The normalized spacial score (nSPS) is 15.6. The van der Waals surface area contributed by atoms with Crippen LogP contribution in [0.5, 0.6) is 11.5 Å². The molecule has 0 N–H and O–H groups in total. The Morgan fingerprint density at radius 3 is 2.26 bits per heavy atom. The highest BCUT2D eigenvalue weighted by atomic mass is 32.2. The largest absolute Gasteiger partial charge is 0.490 e. The van der Waals surface area contributed by atoms with E-state index in [1.165, 1.54) is 30.3 Å². The van der Waals surface area contributed by atoms with Gasteiger partial charge in [0.25, 0.3) is 5.91 Å². The van der Waals surface area contributed by atoms with Crippen LogP contribution in [0.1, 0.15) is 51.3 Å². The summed E-state index contributed by atoms with van der Waals surface area (Å²) >= 11 is 0. The highest BCUT2D eigenvalue weighted by Crippen LogP contribution is 2.36. The van der Waals surface area contributed by atoms with Gasteiger partial charge in [-0.3, -0.25) is 9.59 Å². The zero-order valence-corrected chi connectivity index (χ0v) is 20.4.